The van der Waals surface area contributed by atoms with Gasteiger partial charge in [-0.15, -0.1) is 13.2 Å². The molecule has 36 heavy (non-hydrogen) atoms. The molecule has 0 radical (unpaired) electrons. The number of carbonyl (C=O) groups excluding carboxylic acids is 2. The highest BCUT2D eigenvalue weighted by atomic mass is 19.4. The Morgan fingerprint density at radius 1 is 1.14 bits per heavy atom. The molecule has 1 aliphatic heterocycles. The first-order valence-corrected chi connectivity index (χ1v) is 10.2. The normalized spacial score (nSPS) is 16.2. The van der Waals surface area contributed by atoms with Crippen LogP contribution in [0.4, 0.5) is 31.1 Å². The molecule has 0 aliphatic carbocycles. The Hall–Kier alpha value is -3.24. The number of esters is 1. The van der Waals surface area contributed by atoms with Crippen molar-refractivity contribution < 1.29 is 75.3 Å². The third-order valence-corrected chi connectivity index (χ3v) is 4.55. The molecule has 16 heteroatoms. The smallest absolute Gasteiger partial charge is 0.475 e. The van der Waals surface area contributed by atoms with Gasteiger partial charge in [0.05, 0.1) is 12.2 Å². The van der Waals surface area contributed by atoms with E-state index in [9.17, 15) is 35.9 Å². The van der Waals surface area contributed by atoms with Gasteiger partial charge in [-0.05, 0) is 37.1 Å². The molecule has 0 saturated heterocycles. The second-order valence-corrected chi connectivity index (χ2v) is 7.17. The number of carbonyl (C=O) groups is 2. The van der Waals surface area contributed by atoms with Crippen LogP contribution in [0.1, 0.15) is 31.4 Å². The van der Waals surface area contributed by atoms with Gasteiger partial charge in [0.1, 0.15) is 17.6 Å². The zero-order valence-electron chi connectivity index (χ0n) is 18.8. The van der Waals surface area contributed by atoms with Gasteiger partial charge in [0.25, 0.3) is 0 Å². The van der Waals surface area contributed by atoms with Crippen molar-refractivity contribution >= 4 is 18.2 Å². The Kier molecular flexibility index (Phi) is 9.77. The fourth-order valence-electron chi connectivity index (χ4n) is 2.96. The van der Waals surface area contributed by atoms with E-state index in [1.165, 1.54) is 6.92 Å². The van der Waals surface area contributed by atoms with E-state index in [4.69, 9.17) is 9.94 Å². The van der Waals surface area contributed by atoms with Crippen LogP contribution in [-0.2, 0) is 30.3 Å². The van der Waals surface area contributed by atoms with Gasteiger partial charge in [0.15, 0.2) is 0 Å². The highest BCUT2D eigenvalue weighted by Crippen LogP contribution is 2.42. The van der Waals surface area contributed by atoms with E-state index in [-0.39, 0.29) is 36.3 Å². The maximum atomic E-state index is 13.6. The summed E-state index contributed by atoms with van der Waals surface area (Å²) in [6.45, 7) is 1.69. The van der Waals surface area contributed by atoms with Crippen molar-refractivity contribution in [3.63, 3.8) is 0 Å². The van der Waals surface area contributed by atoms with E-state index in [2.05, 4.69) is 23.8 Å². The second-order valence-electron chi connectivity index (χ2n) is 7.17. The zero-order valence-corrected chi connectivity index (χ0v) is 18.8. The molecule has 0 fully saturated rings. The molecule has 0 saturated carbocycles. The lowest BCUT2D eigenvalue weighted by molar-refractivity contribution is -1.07. The highest BCUT2D eigenvalue weighted by molar-refractivity contribution is 5.96. The van der Waals surface area contributed by atoms with Gasteiger partial charge in [-0.3, -0.25) is 0 Å². The van der Waals surface area contributed by atoms with E-state index in [1.54, 1.807) is 6.92 Å². The monoisotopic (exact) mass is 534 g/mol. The van der Waals surface area contributed by atoms with E-state index < -0.39 is 55.0 Å². The molecule has 2 unspecified atom stereocenters. The number of hydrogen-bond acceptors (Lipinski definition) is 9. The minimum absolute atomic E-state index is 0.00526. The van der Waals surface area contributed by atoms with E-state index >= 15 is 0 Å². The molecular formula is C20H22F6NO9+. The van der Waals surface area contributed by atoms with Crippen molar-refractivity contribution in [1.82, 2.24) is 0 Å². The zero-order chi connectivity index (χ0) is 27.1. The summed E-state index contributed by atoms with van der Waals surface area (Å²) in [4.78, 5) is 28.5. The van der Waals surface area contributed by atoms with Gasteiger partial charge in [0, 0.05) is 12.0 Å². The van der Waals surface area contributed by atoms with Crippen LogP contribution in [0.2, 0.25) is 0 Å². The molecule has 2 rings (SSSR count). The number of aryl methyl sites for hydroxylation is 1. The number of nitrogens with two attached hydrogens (primary N) is 1. The fourth-order valence-corrected chi connectivity index (χ4v) is 2.96. The van der Waals surface area contributed by atoms with Crippen LogP contribution >= 0.6 is 0 Å². The summed E-state index contributed by atoms with van der Waals surface area (Å²) < 4.78 is 101. The second kappa shape index (κ2) is 12.1. The SMILES string of the molecule is CCc1cc(OC(F)(F)F)cc2c1OC(C(F)(F)F)C(C(=O)OCOC(=O)OCCC(C)O[NH2+]O)=C2. The molecule has 10 nitrogen and oxygen atoms in total. The lowest BCUT2D eigenvalue weighted by atomic mass is 9.97. The van der Waals surface area contributed by atoms with Gasteiger partial charge in [-0.2, -0.15) is 23.2 Å². The standard InChI is InChI=1S/C20H22F6NO9/c1-3-11-6-13(35-20(24,25)26)7-12-8-14(16(19(21,22)23)34-15(11)12)17(28)32-9-33-18(29)31-5-4-10(2)36-27-30/h6-8,10,16,30H,3-5,9,27H2,1-2H3/q+1. The Labute approximate surface area is 199 Å². The van der Waals surface area contributed by atoms with Gasteiger partial charge in [-0.25, -0.2) is 9.59 Å². The van der Waals surface area contributed by atoms with Crippen molar-refractivity contribution in [2.45, 2.75) is 51.4 Å². The molecule has 0 spiro atoms. The van der Waals surface area contributed by atoms with Gasteiger partial charge in [0.2, 0.25) is 12.9 Å². The lowest BCUT2D eigenvalue weighted by Gasteiger charge is -2.29. The average molecular weight is 534 g/mol. The number of rotatable bonds is 10. The van der Waals surface area contributed by atoms with Crippen LogP contribution in [0, 0.1) is 0 Å². The minimum Gasteiger partial charge on any atom is -0.475 e. The first-order valence-electron chi connectivity index (χ1n) is 10.2. The molecule has 1 heterocycles. The van der Waals surface area contributed by atoms with Gasteiger partial charge >= 0.3 is 24.7 Å². The van der Waals surface area contributed by atoms with E-state index in [0.717, 1.165) is 12.1 Å². The number of quaternary nitrogens is 1. The molecule has 202 valence electrons. The van der Waals surface area contributed by atoms with Crippen LogP contribution < -0.4 is 15.1 Å². The predicted molar refractivity (Wildman–Crippen MR) is 103 cm³/mol. The maximum Gasteiger partial charge on any atom is 0.573 e. The maximum absolute atomic E-state index is 13.6. The quantitative estimate of drug-likeness (QED) is 0.202. The summed E-state index contributed by atoms with van der Waals surface area (Å²) >= 11 is 0. The molecule has 0 aromatic heterocycles. The lowest BCUT2D eigenvalue weighted by Crippen LogP contribution is -2.80. The number of alkyl halides is 6. The summed E-state index contributed by atoms with van der Waals surface area (Å²) in [5.41, 5.74) is -0.944. The first kappa shape index (κ1) is 29.0. The Balaban J connectivity index is 2.14. The summed E-state index contributed by atoms with van der Waals surface area (Å²) in [5.74, 6) is -2.70. The Morgan fingerprint density at radius 3 is 2.42 bits per heavy atom. The molecule has 0 amide bonds. The van der Waals surface area contributed by atoms with Crippen molar-refractivity contribution in [2.24, 2.45) is 0 Å². The molecular weight excluding hydrogens is 512 g/mol. The predicted octanol–water partition coefficient (Wildman–Crippen LogP) is 3.17. The largest absolute Gasteiger partial charge is 0.573 e. The van der Waals surface area contributed by atoms with Gasteiger partial charge in [-0.1, -0.05) is 12.6 Å². The number of ether oxygens (including phenoxy) is 5. The summed E-state index contributed by atoms with van der Waals surface area (Å²) in [6.07, 6.45) is -14.0. The molecule has 1 aliphatic rings. The van der Waals surface area contributed by atoms with Crippen LogP contribution in [0.25, 0.3) is 6.08 Å². The third kappa shape index (κ3) is 8.46. The Bertz CT molecular complexity index is 964. The molecule has 1 aromatic rings. The van der Waals surface area contributed by atoms with E-state index in [0.29, 0.717) is 11.7 Å². The number of hydrogen-bond donors (Lipinski definition) is 2. The first-order chi connectivity index (χ1) is 16.7. The van der Waals surface area contributed by atoms with Crippen LogP contribution in [0.3, 0.4) is 0 Å². The summed E-state index contributed by atoms with van der Waals surface area (Å²) in [7, 11) is 0. The average Bonchev–Trinajstić information content (AvgIpc) is 2.76. The van der Waals surface area contributed by atoms with Crippen LogP contribution in [0.15, 0.2) is 17.7 Å². The highest BCUT2D eigenvalue weighted by Gasteiger charge is 2.49. The number of halogens is 6. The minimum atomic E-state index is -5.10. The van der Waals surface area contributed by atoms with E-state index in [1.807, 2.05) is 0 Å². The van der Waals surface area contributed by atoms with Crippen LogP contribution in [0.5, 0.6) is 11.5 Å². The third-order valence-electron chi connectivity index (χ3n) is 4.55. The van der Waals surface area contributed by atoms with Crippen molar-refractivity contribution in [1.29, 1.82) is 0 Å². The summed E-state index contributed by atoms with van der Waals surface area (Å²) in [5, 5.41) is 8.47. The van der Waals surface area contributed by atoms with Gasteiger partial charge < -0.3 is 23.7 Å². The number of benzene rings is 1. The summed E-state index contributed by atoms with van der Waals surface area (Å²) in [6, 6.07) is 1.64. The van der Waals surface area contributed by atoms with Crippen molar-refractivity contribution in [3.05, 3.63) is 28.8 Å². The van der Waals surface area contributed by atoms with Crippen LogP contribution in [-0.4, -0.2) is 55.5 Å². The topological polar surface area (TPSA) is 126 Å². The van der Waals surface area contributed by atoms with Crippen molar-refractivity contribution in [3.8, 4) is 11.5 Å². The molecule has 0 bridgehead atoms. The Morgan fingerprint density at radius 2 is 1.83 bits per heavy atom. The molecule has 3 N–H and O–H groups in total. The molecule has 2 atom stereocenters. The van der Waals surface area contributed by atoms with Crippen molar-refractivity contribution in [2.75, 3.05) is 13.4 Å². The fraction of sp³-hybridized carbons (Fsp3) is 0.500. The number of fused-ring (bicyclic) bond motifs is 1. The molecule has 1 aromatic carbocycles.